The molecule has 7 heteroatoms. The van der Waals surface area contributed by atoms with Crippen molar-refractivity contribution in [3.05, 3.63) is 93.9 Å². The molecule has 0 aliphatic rings. The third kappa shape index (κ3) is 3.38. The van der Waals surface area contributed by atoms with Crippen LogP contribution in [0.4, 0.5) is 5.69 Å². The Morgan fingerprint density at radius 3 is 2.77 bits per heavy atom. The Balaban J connectivity index is 1.62. The minimum absolute atomic E-state index is 0.0212. The maximum atomic E-state index is 12.7. The van der Waals surface area contributed by atoms with Gasteiger partial charge in [-0.05, 0) is 36.8 Å². The van der Waals surface area contributed by atoms with Crippen molar-refractivity contribution in [2.75, 3.05) is 0 Å². The number of fused-ring (bicyclic) bond motifs is 1. The summed E-state index contributed by atoms with van der Waals surface area (Å²) in [4.78, 5) is 23.2. The molecule has 2 heterocycles. The average Bonchev–Trinajstić information content (AvgIpc) is 3.37. The smallest absolute Gasteiger partial charge is 0.270 e. The van der Waals surface area contributed by atoms with Gasteiger partial charge in [-0.25, -0.2) is 0 Å². The van der Waals surface area contributed by atoms with Crippen molar-refractivity contribution >= 4 is 28.6 Å². The standard InChI is InChI=1S/C23H15N3O4/c1-15-6-7-17(26(28)29)12-20(15)22-10-8-18(30-22)9-11-23(27)25-14-16(13-24)19-4-2-3-5-21(19)25/h2-12,14H,1H3/b11-9+. The van der Waals surface area contributed by atoms with E-state index in [1.54, 1.807) is 36.4 Å². The van der Waals surface area contributed by atoms with E-state index in [2.05, 4.69) is 6.07 Å². The van der Waals surface area contributed by atoms with E-state index in [9.17, 15) is 20.2 Å². The molecule has 30 heavy (non-hydrogen) atoms. The lowest BCUT2D eigenvalue weighted by molar-refractivity contribution is -0.384. The first-order valence-corrected chi connectivity index (χ1v) is 9.06. The third-order valence-corrected chi connectivity index (χ3v) is 4.78. The van der Waals surface area contributed by atoms with Gasteiger partial charge in [0.25, 0.3) is 11.6 Å². The molecule has 0 aliphatic heterocycles. The summed E-state index contributed by atoms with van der Waals surface area (Å²) in [5, 5.41) is 21.0. The Kier molecular flexibility index (Phi) is 4.74. The maximum Gasteiger partial charge on any atom is 0.270 e. The minimum atomic E-state index is -0.456. The number of carbonyl (C=O) groups excluding carboxylic acids is 1. The number of para-hydroxylation sites is 1. The Labute approximate surface area is 171 Å². The molecule has 0 N–H and O–H groups in total. The van der Waals surface area contributed by atoms with Gasteiger partial charge < -0.3 is 4.42 Å². The second-order valence-corrected chi connectivity index (χ2v) is 6.67. The van der Waals surface area contributed by atoms with Gasteiger partial charge in [0.2, 0.25) is 0 Å². The van der Waals surface area contributed by atoms with E-state index in [1.165, 1.54) is 35.0 Å². The van der Waals surface area contributed by atoms with Crippen LogP contribution in [0.2, 0.25) is 0 Å². The zero-order valence-electron chi connectivity index (χ0n) is 15.9. The average molecular weight is 397 g/mol. The van der Waals surface area contributed by atoms with Gasteiger partial charge in [-0.15, -0.1) is 0 Å². The van der Waals surface area contributed by atoms with E-state index in [0.29, 0.717) is 33.6 Å². The van der Waals surface area contributed by atoms with E-state index >= 15 is 0 Å². The zero-order valence-corrected chi connectivity index (χ0v) is 15.9. The molecule has 2 aromatic heterocycles. The van der Waals surface area contributed by atoms with Gasteiger partial charge in [0.15, 0.2) is 0 Å². The number of hydrogen-bond donors (Lipinski definition) is 0. The van der Waals surface area contributed by atoms with E-state index in [-0.39, 0.29) is 11.6 Å². The fourth-order valence-electron chi connectivity index (χ4n) is 3.26. The topological polar surface area (TPSA) is 102 Å². The Bertz CT molecular complexity index is 1370. The molecule has 0 saturated heterocycles. The molecular formula is C23H15N3O4. The predicted octanol–water partition coefficient (Wildman–Crippen LogP) is 5.34. The number of furan rings is 1. The predicted molar refractivity (Wildman–Crippen MR) is 112 cm³/mol. The highest BCUT2D eigenvalue weighted by atomic mass is 16.6. The highest BCUT2D eigenvalue weighted by Crippen LogP contribution is 2.29. The Hall–Kier alpha value is -4.44. The van der Waals surface area contributed by atoms with Crippen LogP contribution in [0.1, 0.15) is 21.7 Å². The number of non-ortho nitro benzene ring substituents is 1. The van der Waals surface area contributed by atoms with Gasteiger partial charge in [0.1, 0.15) is 17.6 Å². The molecule has 0 aliphatic carbocycles. The lowest BCUT2D eigenvalue weighted by Crippen LogP contribution is -2.04. The summed E-state index contributed by atoms with van der Waals surface area (Å²) in [6, 6.07) is 17.2. The van der Waals surface area contributed by atoms with Gasteiger partial charge in [-0.1, -0.05) is 24.3 Å². The number of carbonyl (C=O) groups is 1. The molecule has 0 atom stereocenters. The van der Waals surface area contributed by atoms with Crippen molar-refractivity contribution in [1.29, 1.82) is 5.26 Å². The van der Waals surface area contributed by atoms with Gasteiger partial charge >= 0.3 is 0 Å². The number of nitro benzene ring substituents is 1. The lowest BCUT2D eigenvalue weighted by atomic mass is 10.1. The summed E-state index contributed by atoms with van der Waals surface area (Å²) < 4.78 is 7.18. The number of aromatic nitrogens is 1. The van der Waals surface area contributed by atoms with E-state index < -0.39 is 4.92 Å². The second kappa shape index (κ2) is 7.53. The van der Waals surface area contributed by atoms with Crippen LogP contribution in [0.25, 0.3) is 28.3 Å². The van der Waals surface area contributed by atoms with E-state index in [1.807, 2.05) is 13.0 Å². The van der Waals surface area contributed by atoms with Crippen molar-refractivity contribution in [1.82, 2.24) is 4.57 Å². The molecule has 0 amide bonds. The number of hydrogen-bond acceptors (Lipinski definition) is 5. The van der Waals surface area contributed by atoms with Gasteiger partial charge in [0, 0.05) is 35.4 Å². The molecule has 2 aromatic carbocycles. The largest absolute Gasteiger partial charge is 0.457 e. The summed E-state index contributed by atoms with van der Waals surface area (Å²) in [6.45, 7) is 1.84. The SMILES string of the molecule is Cc1ccc([N+](=O)[O-])cc1-c1ccc(/C=C/C(=O)n2cc(C#N)c3ccccc32)o1. The van der Waals surface area contributed by atoms with Crippen LogP contribution >= 0.6 is 0 Å². The summed E-state index contributed by atoms with van der Waals surface area (Å²) in [6.07, 6.45) is 4.40. The van der Waals surface area contributed by atoms with Gasteiger partial charge in [-0.2, -0.15) is 5.26 Å². The molecule has 0 bridgehead atoms. The molecule has 0 fully saturated rings. The van der Waals surface area contributed by atoms with Crippen molar-refractivity contribution in [3.63, 3.8) is 0 Å². The maximum absolute atomic E-state index is 12.7. The highest BCUT2D eigenvalue weighted by Gasteiger charge is 2.14. The van der Waals surface area contributed by atoms with Crippen LogP contribution in [0.3, 0.4) is 0 Å². The molecule has 4 aromatic rings. The summed E-state index contributed by atoms with van der Waals surface area (Å²) >= 11 is 0. The number of nitriles is 1. The first-order valence-electron chi connectivity index (χ1n) is 9.06. The summed E-state index contributed by atoms with van der Waals surface area (Å²) in [5.41, 5.74) is 2.51. The number of allylic oxidation sites excluding steroid dienone is 1. The van der Waals surface area contributed by atoms with Crippen molar-refractivity contribution < 1.29 is 14.1 Å². The number of rotatable bonds is 4. The first-order chi connectivity index (χ1) is 14.5. The minimum Gasteiger partial charge on any atom is -0.457 e. The normalized spacial score (nSPS) is 11.1. The van der Waals surface area contributed by atoms with E-state index in [0.717, 1.165) is 5.56 Å². The van der Waals surface area contributed by atoms with Gasteiger partial charge in [-0.3, -0.25) is 19.5 Å². The molecule has 0 saturated carbocycles. The van der Waals surface area contributed by atoms with Crippen LogP contribution in [0.5, 0.6) is 0 Å². The number of aryl methyl sites for hydroxylation is 1. The Morgan fingerprint density at radius 2 is 2.00 bits per heavy atom. The quantitative estimate of drug-likeness (QED) is 0.263. The highest BCUT2D eigenvalue weighted by molar-refractivity contribution is 6.01. The molecular weight excluding hydrogens is 382 g/mol. The van der Waals surface area contributed by atoms with Crippen molar-refractivity contribution in [2.45, 2.75) is 6.92 Å². The number of benzene rings is 2. The molecule has 0 unspecified atom stereocenters. The monoisotopic (exact) mass is 397 g/mol. The van der Waals surface area contributed by atoms with Crippen LogP contribution in [0, 0.1) is 28.4 Å². The number of nitro groups is 1. The second-order valence-electron chi connectivity index (χ2n) is 6.67. The number of nitrogens with zero attached hydrogens (tertiary/aromatic N) is 3. The first kappa shape index (κ1) is 18.9. The van der Waals surface area contributed by atoms with Crippen molar-refractivity contribution in [2.24, 2.45) is 0 Å². The molecule has 7 nitrogen and oxygen atoms in total. The fraction of sp³-hybridized carbons (Fsp3) is 0.0435. The summed E-state index contributed by atoms with van der Waals surface area (Å²) in [7, 11) is 0. The van der Waals surface area contributed by atoms with Crippen molar-refractivity contribution in [3.8, 4) is 17.4 Å². The molecule has 0 spiro atoms. The van der Waals surface area contributed by atoms with Crippen LogP contribution in [-0.4, -0.2) is 15.4 Å². The summed E-state index contributed by atoms with van der Waals surface area (Å²) in [5.74, 6) is 0.583. The molecule has 0 radical (unpaired) electrons. The zero-order chi connectivity index (χ0) is 21.3. The van der Waals surface area contributed by atoms with E-state index in [4.69, 9.17) is 4.42 Å². The van der Waals surface area contributed by atoms with Crippen LogP contribution in [0.15, 0.2) is 71.3 Å². The van der Waals surface area contributed by atoms with Crippen LogP contribution in [-0.2, 0) is 0 Å². The van der Waals surface area contributed by atoms with Gasteiger partial charge in [0.05, 0.1) is 16.0 Å². The van der Waals surface area contributed by atoms with Crippen LogP contribution < -0.4 is 0 Å². The lowest BCUT2D eigenvalue weighted by Gasteiger charge is -2.02. The fourth-order valence-corrected chi connectivity index (χ4v) is 3.26. The Morgan fingerprint density at radius 1 is 1.20 bits per heavy atom. The third-order valence-electron chi connectivity index (χ3n) is 4.78. The molecule has 146 valence electrons. The molecule has 4 rings (SSSR count).